The molecule has 0 unspecified atom stereocenters. The van der Waals surface area contributed by atoms with E-state index < -0.39 is 0 Å². The van der Waals surface area contributed by atoms with Crippen molar-refractivity contribution in [2.45, 2.75) is 37.5 Å². The highest BCUT2D eigenvalue weighted by Gasteiger charge is 2.31. The third-order valence-electron chi connectivity index (χ3n) is 7.16. The molecule has 2 saturated carbocycles. The molecule has 34 heavy (non-hydrogen) atoms. The predicted molar refractivity (Wildman–Crippen MR) is 131 cm³/mol. The van der Waals surface area contributed by atoms with Crippen LogP contribution in [0.1, 0.15) is 48.6 Å². The number of carbonyl (C=O) groups excluding carboxylic acids is 1. The Bertz CT molecular complexity index is 1070. The van der Waals surface area contributed by atoms with Crippen LogP contribution in [-0.2, 0) is 9.53 Å². The van der Waals surface area contributed by atoms with E-state index >= 15 is 0 Å². The maximum Gasteiger partial charge on any atom is 0.294 e. The van der Waals surface area contributed by atoms with Crippen molar-refractivity contribution in [3.63, 3.8) is 0 Å². The van der Waals surface area contributed by atoms with Gasteiger partial charge in [0.05, 0.1) is 13.2 Å². The van der Waals surface area contributed by atoms with Crippen LogP contribution in [0, 0.1) is 0 Å². The lowest BCUT2D eigenvalue weighted by atomic mass is 10.1. The van der Waals surface area contributed by atoms with E-state index in [9.17, 15) is 4.79 Å². The molecule has 0 spiro atoms. The summed E-state index contributed by atoms with van der Waals surface area (Å²) in [6.45, 7) is 5.64. The van der Waals surface area contributed by atoms with E-state index in [1.807, 2.05) is 30.3 Å². The van der Waals surface area contributed by atoms with Gasteiger partial charge in [-0.15, -0.1) is 0 Å². The van der Waals surface area contributed by atoms with Crippen molar-refractivity contribution in [3.8, 4) is 11.5 Å². The summed E-state index contributed by atoms with van der Waals surface area (Å²) in [6.07, 6.45) is 6.79. The van der Waals surface area contributed by atoms with E-state index in [1.165, 1.54) is 36.8 Å². The molecular weight excluding hydrogens is 428 g/mol. The first kappa shape index (κ1) is 21.7. The second-order valence-electron chi connectivity index (χ2n) is 9.73. The topological polar surface area (TPSA) is 51.2 Å². The van der Waals surface area contributed by atoms with Crippen molar-refractivity contribution in [2.24, 2.45) is 0 Å². The second kappa shape index (κ2) is 9.43. The predicted octanol–water partition coefficient (Wildman–Crippen LogP) is 4.46. The van der Waals surface area contributed by atoms with E-state index in [0.29, 0.717) is 36.5 Å². The van der Waals surface area contributed by atoms with Gasteiger partial charge in [-0.2, -0.15) is 0 Å². The zero-order valence-electron chi connectivity index (χ0n) is 19.6. The van der Waals surface area contributed by atoms with E-state index in [1.54, 1.807) is 4.90 Å². The first-order chi connectivity index (χ1) is 16.7. The quantitative estimate of drug-likeness (QED) is 0.553. The van der Waals surface area contributed by atoms with E-state index in [2.05, 4.69) is 23.1 Å². The van der Waals surface area contributed by atoms with Crippen LogP contribution in [0.2, 0.25) is 0 Å². The Morgan fingerprint density at radius 1 is 0.941 bits per heavy atom. The average Bonchev–Trinajstić information content (AvgIpc) is 3.80. The second-order valence-corrected chi connectivity index (χ2v) is 9.73. The van der Waals surface area contributed by atoms with Crippen LogP contribution in [-0.4, -0.2) is 56.8 Å². The zero-order chi connectivity index (χ0) is 22.9. The van der Waals surface area contributed by atoms with Gasteiger partial charge in [-0.25, -0.2) is 0 Å². The molecule has 178 valence electrons. The van der Waals surface area contributed by atoms with Gasteiger partial charge in [0.25, 0.3) is 5.91 Å². The molecular formula is C28H32N2O4. The number of benzene rings is 2. The number of nitrogens with zero attached hydrogens (tertiary/aromatic N) is 2. The minimum absolute atomic E-state index is 0.0889. The first-order valence-corrected chi connectivity index (χ1v) is 12.6. The summed E-state index contributed by atoms with van der Waals surface area (Å²) in [5.41, 5.74) is 3.49. The molecule has 0 aromatic heterocycles. The van der Waals surface area contributed by atoms with Gasteiger partial charge in [-0.05, 0) is 85.1 Å². The van der Waals surface area contributed by atoms with Gasteiger partial charge < -0.3 is 19.1 Å². The fourth-order valence-corrected chi connectivity index (χ4v) is 4.80. The molecule has 2 heterocycles. The molecule has 6 heteroatoms. The zero-order valence-corrected chi connectivity index (χ0v) is 19.6. The van der Waals surface area contributed by atoms with E-state index in [-0.39, 0.29) is 5.91 Å². The number of hydrogen-bond acceptors (Lipinski definition) is 5. The number of rotatable bonds is 9. The van der Waals surface area contributed by atoms with Crippen LogP contribution in [0.4, 0.5) is 5.69 Å². The highest BCUT2D eigenvalue weighted by atomic mass is 16.5. The third-order valence-corrected chi connectivity index (χ3v) is 7.16. The lowest BCUT2D eigenvalue weighted by Crippen LogP contribution is -2.38. The Balaban J connectivity index is 1.09. The third kappa shape index (κ3) is 4.84. The van der Waals surface area contributed by atoms with Crippen molar-refractivity contribution in [1.29, 1.82) is 0 Å². The number of ether oxygens (including phenoxy) is 3. The Labute approximate surface area is 201 Å². The largest absolute Gasteiger partial charge is 0.492 e. The lowest BCUT2D eigenvalue weighted by molar-refractivity contribution is -0.116. The molecule has 6 rings (SSSR count). The van der Waals surface area contributed by atoms with Crippen LogP contribution in [0.5, 0.6) is 11.5 Å². The summed E-state index contributed by atoms with van der Waals surface area (Å²) in [6, 6.07) is 14.3. The van der Waals surface area contributed by atoms with Gasteiger partial charge >= 0.3 is 0 Å². The van der Waals surface area contributed by atoms with Crippen molar-refractivity contribution in [3.05, 3.63) is 65.4 Å². The maximum atomic E-state index is 13.1. The molecule has 0 atom stereocenters. The summed E-state index contributed by atoms with van der Waals surface area (Å²) < 4.78 is 17.6. The van der Waals surface area contributed by atoms with Gasteiger partial charge in [0.1, 0.15) is 18.1 Å². The number of morpholine rings is 1. The van der Waals surface area contributed by atoms with Gasteiger partial charge in [0.15, 0.2) is 5.76 Å². The van der Waals surface area contributed by atoms with Gasteiger partial charge in [0.2, 0.25) is 0 Å². The smallest absolute Gasteiger partial charge is 0.294 e. The van der Waals surface area contributed by atoms with Crippen molar-refractivity contribution in [2.75, 3.05) is 50.9 Å². The van der Waals surface area contributed by atoms with Crippen molar-refractivity contribution in [1.82, 2.24) is 4.90 Å². The average molecular weight is 461 g/mol. The van der Waals surface area contributed by atoms with Gasteiger partial charge in [-0.3, -0.25) is 9.69 Å². The summed E-state index contributed by atoms with van der Waals surface area (Å²) in [4.78, 5) is 17.3. The first-order valence-electron chi connectivity index (χ1n) is 12.6. The minimum Gasteiger partial charge on any atom is -0.492 e. The minimum atomic E-state index is -0.0889. The van der Waals surface area contributed by atoms with E-state index in [4.69, 9.17) is 14.2 Å². The number of carbonyl (C=O) groups is 1. The maximum absolute atomic E-state index is 13.1. The number of hydrogen-bond donors (Lipinski definition) is 0. The summed E-state index contributed by atoms with van der Waals surface area (Å²) in [7, 11) is 0. The molecule has 6 nitrogen and oxygen atoms in total. The molecule has 1 amide bonds. The van der Waals surface area contributed by atoms with E-state index in [0.717, 1.165) is 44.3 Å². The fourth-order valence-electron chi connectivity index (χ4n) is 4.80. The molecule has 2 aliphatic carbocycles. The SMILES string of the molecule is O=C1C(Oc2ccc(C3CC3)cc2)=CCN1c1ccc(OCCN2CCOCC2)c(C2CC2)c1. The normalized spacial score (nSPS) is 21.0. The fraction of sp³-hybridized carbons (Fsp3) is 0.464. The van der Waals surface area contributed by atoms with Crippen LogP contribution >= 0.6 is 0 Å². The van der Waals surface area contributed by atoms with Crippen LogP contribution in [0.25, 0.3) is 0 Å². The Morgan fingerprint density at radius 3 is 2.44 bits per heavy atom. The van der Waals surface area contributed by atoms with Crippen molar-refractivity contribution < 1.29 is 19.0 Å². The standard InChI is InChI=1S/C28H32N2O4/c31-28-27(34-24-8-5-21(6-9-24)20-1-2-20)11-12-30(28)23-7-10-26(25(19-23)22-3-4-22)33-18-15-29-13-16-32-17-14-29/h5-11,19-20,22H,1-4,12-18H2. The Morgan fingerprint density at radius 2 is 1.71 bits per heavy atom. The Hall–Kier alpha value is -2.83. The summed E-state index contributed by atoms with van der Waals surface area (Å²) >= 11 is 0. The lowest BCUT2D eigenvalue weighted by Gasteiger charge is -2.26. The number of anilines is 1. The highest BCUT2D eigenvalue weighted by molar-refractivity contribution is 6.07. The molecule has 0 radical (unpaired) electrons. The molecule has 2 aliphatic heterocycles. The van der Waals surface area contributed by atoms with Gasteiger partial charge in [0, 0.05) is 31.9 Å². The van der Waals surface area contributed by atoms with Crippen LogP contribution in [0.3, 0.4) is 0 Å². The van der Waals surface area contributed by atoms with Crippen LogP contribution in [0.15, 0.2) is 54.3 Å². The highest BCUT2D eigenvalue weighted by Crippen LogP contribution is 2.46. The summed E-state index contributed by atoms with van der Waals surface area (Å²) in [5, 5.41) is 0. The molecule has 3 fully saturated rings. The summed E-state index contributed by atoms with van der Waals surface area (Å²) in [5.74, 6) is 3.22. The van der Waals surface area contributed by atoms with Gasteiger partial charge in [-0.1, -0.05) is 12.1 Å². The molecule has 0 N–H and O–H groups in total. The molecule has 2 aromatic rings. The molecule has 4 aliphatic rings. The molecule has 2 aromatic carbocycles. The van der Waals surface area contributed by atoms with Crippen molar-refractivity contribution >= 4 is 11.6 Å². The molecule has 0 bridgehead atoms. The number of amides is 1. The Kier molecular flexibility index (Phi) is 6.02. The molecule has 1 saturated heterocycles. The monoisotopic (exact) mass is 460 g/mol. The van der Waals surface area contributed by atoms with Crippen LogP contribution < -0.4 is 14.4 Å².